The molecule has 4 rings (SSSR count). The van der Waals surface area contributed by atoms with Gasteiger partial charge in [0.05, 0.1) is 17.8 Å². The van der Waals surface area contributed by atoms with Crippen LogP contribution in [0.3, 0.4) is 0 Å². The number of fused-ring (bicyclic) bond motifs is 1. The van der Waals surface area contributed by atoms with Gasteiger partial charge in [0.1, 0.15) is 11.6 Å². The van der Waals surface area contributed by atoms with Crippen molar-refractivity contribution in [1.29, 1.82) is 0 Å². The Balaban J connectivity index is 1.61. The Morgan fingerprint density at radius 3 is 2.81 bits per heavy atom. The summed E-state index contributed by atoms with van der Waals surface area (Å²) in [5.41, 5.74) is 2.36. The third-order valence-corrected chi connectivity index (χ3v) is 6.35. The first-order valence-corrected chi connectivity index (χ1v) is 12.0. The van der Waals surface area contributed by atoms with Crippen LogP contribution in [0.4, 0.5) is 0 Å². The number of aromatic nitrogens is 3. The molecule has 32 heavy (non-hydrogen) atoms. The lowest BCUT2D eigenvalue weighted by Gasteiger charge is -2.09. The predicted octanol–water partition coefficient (Wildman–Crippen LogP) is 2.44. The average Bonchev–Trinajstić information content (AvgIpc) is 3.41. The second-order valence-corrected chi connectivity index (χ2v) is 9.38. The average molecular weight is 458 g/mol. The summed E-state index contributed by atoms with van der Waals surface area (Å²) in [5.74, 6) is 1.17. The molecule has 1 fully saturated rings. The third-order valence-electron chi connectivity index (χ3n) is 5.34. The minimum absolute atomic E-state index is 0.350. The summed E-state index contributed by atoms with van der Waals surface area (Å²) >= 11 is 0. The maximum Gasteiger partial charge on any atom is 0.301 e. The molecule has 0 radical (unpaired) electrons. The van der Waals surface area contributed by atoms with E-state index in [9.17, 15) is 13.2 Å². The molecular formula is C22H27N5O4S. The molecule has 0 aliphatic heterocycles. The number of hydrogen-bond donors (Lipinski definition) is 2. The zero-order valence-electron chi connectivity index (χ0n) is 18.3. The molecule has 9 nitrogen and oxygen atoms in total. The van der Waals surface area contributed by atoms with Crippen molar-refractivity contribution in [3.63, 3.8) is 0 Å². The van der Waals surface area contributed by atoms with Crippen LogP contribution < -0.4 is 14.2 Å². The summed E-state index contributed by atoms with van der Waals surface area (Å²) in [7, 11) is -2.05. The molecule has 2 N–H and O–H groups in total. The molecule has 0 bridgehead atoms. The number of carbonyl (C=O) groups excluding carboxylic acids is 1. The predicted molar refractivity (Wildman–Crippen MR) is 123 cm³/mol. The number of rotatable bonds is 9. The Labute approximate surface area is 187 Å². The van der Waals surface area contributed by atoms with Gasteiger partial charge in [0, 0.05) is 42.9 Å². The quantitative estimate of drug-likeness (QED) is 0.480. The molecule has 1 aliphatic carbocycles. The van der Waals surface area contributed by atoms with Gasteiger partial charge in [0.15, 0.2) is 0 Å². The second-order valence-electron chi connectivity index (χ2n) is 7.88. The zero-order chi connectivity index (χ0) is 22.9. The van der Waals surface area contributed by atoms with Crippen molar-refractivity contribution in [2.45, 2.75) is 26.7 Å². The third kappa shape index (κ3) is 4.86. The molecule has 10 heteroatoms. The summed E-state index contributed by atoms with van der Waals surface area (Å²) in [6, 6.07) is 7.86. The highest BCUT2D eigenvalue weighted by molar-refractivity contribution is 7.88. The molecule has 170 valence electrons. The van der Waals surface area contributed by atoms with Crippen molar-refractivity contribution in [3.8, 4) is 11.6 Å². The Morgan fingerprint density at radius 2 is 2.09 bits per heavy atom. The Morgan fingerprint density at radius 1 is 1.31 bits per heavy atom. The lowest BCUT2D eigenvalue weighted by molar-refractivity contribution is -0.114. The molecule has 2 heterocycles. The Kier molecular flexibility index (Phi) is 6.07. The first-order valence-electron chi connectivity index (χ1n) is 10.5. The van der Waals surface area contributed by atoms with E-state index in [1.807, 2.05) is 60.6 Å². The van der Waals surface area contributed by atoms with E-state index in [0.717, 1.165) is 35.3 Å². The van der Waals surface area contributed by atoms with Gasteiger partial charge in [-0.25, -0.2) is 4.72 Å². The standard InChI is InChI=1S/C22H27N5O4S/c1-4-31-18-8-7-17-11-12-27(20(17)13-18)22-19(15(2)24-26(22)3)9-10-21(28)25-32(29,30)23-14-16-5-6-16/h7-13,16,23H,4-6,14H2,1-3H3,(H,25,28)/b10-9+. The van der Waals surface area contributed by atoms with Crippen LogP contribution >= 0.6 is 0 Å². The molecule has 1 aromatic carbocycles. The van der Waals surface area contributed by atoms with E-state index in [0.29, 0.717) is 30.3 Å². The molecule has 0 spiro atoms. The van der Waals surface area contributed by atoms with Gasteiger partial charge >= 0.3 is 10.2 Å². The van der Waals surface area contributed by atoms with Crippen LogP contribution in [0.5, 0.6) is 5.75 Å². The van der Waals surface area contributed by atoms with Gasteiger partial charge < -0.3 is 9.30 Å². The first-order chi connectivity index (χ1) is 15.3. The fraction of sp³-hybridized carbons (Fsp3) is 0.364. The summed E-state index contributed by atoms with van der Waals surface area (Å²) in [6.45, 7) is 4.69. The molecule has 0 unspecified atom stereocenters. The normalized spacial score (nSPS) is 14.3. The van der Waals surface area contributed by atoms with Gasteiger partial charge in [-0.3, -0.25) is 9.48 Å². The highest BCUT2D eigenvalue weighted by Crippen LogP contribution is 2.29. The van der Waals surface area contributed by atoms with E-state index in [4.69, 9.17) is 4.74 Å². The smallest absolute Gasteiger partial charge is 0.301 e. The van der Waals surface area contributed by atoms with Gasteiger partial charge in [-0.15, -0.1) is 0 Å². The molecule has 2 aromatic heterocycles. The number of aryl methyl sites for hydroxylation is 2. The fourth-order valence-electron chi connectivity index (χ4n) is 3.60. The van der Waals surface area contributed by atoms with Crippen LogP contribution in [0.1, 0.15) is 31.0 Å². The minimum Gasteiger partial charge on any atom is -0.494 e. The lowest BCUT2D eigenvalue weighted by atomic mass is 10.2. The molecule has 1 aliphatic rings. The second kappa shape index (κ2) is 8.79. The highest BCUT2D eigenvalue weighted by atomic mass is 32.2. The maximum absolute atomic E-state index is 12.3. The molecule has 0 atom stereocenters. The highest BCUT2D eigenvalue weighted by Gasteiger charge is 2.24. The topological polar surface area (TPSA) is 107 Å². The van der Waals surface area contributed by atoms with Gasteiger partial charge in [0.2, 0.25) is 0 Å². The summed E-state index contributed by atoms with van der Waals surface area (Å²) in [4.78, 5) is 12.3. The van der Waals surface area contributed by atoms with Gasteiger partial charge in [-0.1, -0.05) is 0 Å². The van der Waals surface area contributed by atoms with E-state index in [1.54, 1.807) is 10.8 Å². The zero-order valence-corrected chi connectivity index (χ0v) is 19.1. The monoisotopic (exact) mass is 457 g/mol. The SMILES string of the molecule is CCOc1ccc2ccn(-c3c(/C=C/C(=O)NS(=O)(=O)NCC4CC4)c(C)nn3C)c2c1. The Bertz CT molecular complexity index is 1290. The number of benzene rings is 1. The number of nitrogens with one attached hydrogen (secondary N) is 2. The van der Waals surface area contributed by atoms with Gasteiger partial charge in [0.25, 0.3) is 5.91 Å². The molecule has 0 saturated heterocycles. The maximum atomic E-state index is 12.3. The molecule has 1 amide bonds. The van der Waals surface area contributed by atoms with Crippen LogP contribution in [0.15, 0.2) is 36.5 Å². The fourth-order valence-corrected chi connectivity index (χ4v) is 4.46. The van der Waals surface area contributed by atoms with Crippen LogP contribution in [0, 0.1) is 12.8 Å². The van der Waals surface area contributed by atoms with Crippen LogP contribution in [-0.4, -0.2) is 41.8 Å². The van der Waals surface area contributed by atoms with Crippen molar-refractivity contribution in [3.05, 3.63) is 47.8 Å². The molecular weight excluding hydrogens is 430 g/mol. The van der Waals surface area contributed by atoms with E-state index in [1.165, 1.54) is 6.08 Å². The summed E-state index contributed by atoms with van der Waals surface area (Å²) < 4.78 is 37.8. The van der Waals surface area contributed by atoms with E-state index < -0.39 is 16.1 Å². The molecule has 1 saturated carbocycles. The number of carbonyl (C=O) groups is 1. The van der Waals surface area contributed by atoms with Crippen molar-refractivity contribution >= 4 is 33.1 Å². The van der Waals surface area contributed by atoms with Crippen LogP contribution in [0.2, 0.25) is 0 Å². The van der Waals surface area contributed by atoms with Crippen molar-refractivity contribution in [1.82, 2.24) is 23.8 Å². The van der Waals surface area contributed by atoms with Crippen molar-refractivity contribution < 1.29 is 17.9 Å². The number of ether oxygens (including phenoxy) is 1. The summed E-state index contributed by atoms with van der Waals surface area (Å²) in [5, 5.41) is 5.53. The lowest BCUT2D eigenvalue weighted by Crippen LogP contribution is -2.40. The Hall–Kier alpha value is -3.11. The van der Waals surface area contributed by atoms with E-state index in [2.05, 4.69) is 9.82 Å². The van der Waals surface area contributed by atoms with Gasteiger partial charge in [-0.05, 0) is 56.9 Å². The number of hydrogen-bond acceptors (Lipinski definition) is 5. The number of amides is 1. The first kappa shape index (κ1) is 22.1. The van der Waals surface area contributed by atoms with E-state index >= 15 is 0 Å². The van der Waals surface area contributed by atoms with Crippen LogP contribution in [-0.2, 0) is 22.1 Å². The van der Waals surface area contributed by atoms with E-state index in [-0.39, 0.29) is 0 Å². The van der Waals surface area contributed by atoms with Crippen LogP contribution in [0.25, 0.3) is 22.8 Å². The number of nitrogens with zero attached hydrogens (tertiary/aromatic N) is 3. The largest absolute Gasteiger partial charge is 0.494 e. The minimum atomic E-state index is -3.88. The van der Waals surface area contributed by atoms with Gasteiger partial charge in [-0.2, -0.15) is 18.2 Å². The van der Waals surface area contributed by atoms with Crippen molar-refractivity contribution in [2.75, 3.05) is 13.2 Å². The van der Waals surface area contributed by atoms with Crippen molar-refractivity contribution in [2.24, 2.45) is 13.0 Å². The molecule has 3 aromatic rings. The summed E-state index contributed by atoms with van der Waals surface area (Å²) in [6.07, 6.45) is 6.75.